The van der Waals surface area contributed by atoms with Gasteiger partial charge in [-0.05, 0) is 43.8 Å². The van der Waals surface area contributed by atoms with Gasteiger partial charge in [0.15, 0.2) is 17.3 Å². The number of Topliss-reactive ketones (excluding diaryl/α,β-unsaturated/α-hetero) is 1. The Bertz CT molecular complexity index is 776. The van der Waals surface area contributed by atoms with Crippen molar-refractivity contribution in [3.05, 3.63) is 53.6 Å². The molecule has 3 rings (SSSR count). The largest absolute Gasteiger partial charge is 0.493 e. The first kappa shape index (κ1) is 19.8. The van der Waals surface area contributed by atoms with E-state index < -0.39 is 0 Å². The molecule has 0 spiro atoms. The normalized spacial score (nSPS) is 17.5. The summed E-state index contributed by atoms with van der Waals surface area (Å²) in [6, 6.07) is 13.9. The fraction of sp³-hybridized carbons (Fsp3) is 0.409. The Kier molecular flexibility index (Phi) is 6.80. The van der Waals surface area contributed by atoms with Gasteiger partial charge in [-0.1, -0.05) is 24.3 Å². The summed E-state index contributed by atoms with van der Waals surface area (Å²) in [5, 5.41) is 0. The van der Waals surface area contributed by atoms with E-state index in [1.165, 1.54) is 4.90 Å². The van der Waals surface area contributed by atoms with E-state index in [9.17, 15) is 4.79 Å². The van der Waals surface area contributed by atoms with Gasteiger partial charge in [0.2, 0.25) is 0 Å². The Balaban J connectivity index is 1.70. The number of hydrogen-bond donors (Lipinski definition) is 0. The molecule has 1 heterocycles. The first-order valence-corrected chi connectivity index (χ1v) is 10.5. The Labute approximate surface area is 165 Å². The van der Waals surface area contributed by atoms with Crippen LogP contribution < -0.4 is 9.47 Å². The molecule has 1 saturated heterocycles. The van der Waals surface area contributed by atoms with Gasteiger partial charge in [-0.25, -0.2) is 0 Å². The van der Waals surface area contributed by atoms with Gasteiger partial charge in [-0.2, -0.15) is 0 Å². The maximum Gasteiger partial charge on any atom is 0.167 e. The molecule has 0 N–H and O–H groups in total. The lowest BCUT2D eigenvalue weighted by molar-refractivity contribution is 0.0810. The fourth-order valence-corrected chi connectivity index (χ4v) is 4.13. The zero-order valence-electron chi connectivity index (χ0n) is 16.2. The predicted octanol–water partition coefficient (Wildman–Crippen LogP) is 4.52. The van der Waals surface area contributed by atoms with Crippen molar-refractivity contribution in [1.82, 2.24) is 4.90 Å². The van der Waals surface area contributed by atoms with E-state index in [1.54, 1.807) is 26.0 Å². The molecule has 1 aliphatic rings. The van der Waals surface area contributed by atoms with Crippen LogP contribution in [0.1, 0.15) is 28.8 Å². The van der Waals surface area contributed by atoms with Gasteiger partial charge in [0.05, 0.1) is 14.2 Å². The number of hydrogen-bond acceptors (Lipinski definition) is 5. The number of nitrogens with zero attached hydrogens (tertiary/aromatic N) is 1. The minimum Gasteiger partial charge on any atom is -0.493 e. The number of ketones is 1. The topological polar surface area (TPSA) is 38.8 Å². The number of carbonyl (C=O) groups is 1. The van der Waals surface area contributed by atoms with Gasteiger partial charge in [-0.3, -0.25) is 9.69 Å². The van der Waals surface area contributed by atoms with Gasteiger partial charge in [-0.15, -0.1) is 11.8 Å². The Morgan fingerprint density at radius 2 is 1.93 bits per heavy atom. The minimum atomic E-state index is 0.0514. The molecule has 1 fully saturated rings. The molecule has 27 heavy (non-hydrogen) atoms. The van der Waals surface area contributed by atoms with Crippen molar-refractivity contribution in [2.45, 2.75) is 24.3 Å². The van der Waals surface area contributed by atoms with Crippen molar-refractivity contribution in [3.63, 3.8) is 0 Å². The summed E-state index contributed by atoms with van der Waals surface area (Å²) >= 11 is 1.69. The number of likely N-dealkylation sites (tertiary alicyclic amines) is 1. The number of thioether (sulfide) groups is 1. The third-order valence-electron chi connectivity index (χ3n) is 5.13. The lowest BCUT2D eigenvalue weighted by Gasteiger charge is -2.32. The molecule has 0 saturated carbocycles. The van der Waals surface area contributed by atoms with Gasteiger partial charge in [0, 0.05) is 35.0 Å². The number of piperidine rings is 1. The molecule has 0 radical (unpaired) electrons. The van der Waals surface area contributed by atoms with Crippen LogP contribution in [0.4, 0.5) is 0 Å². The van der Waals surface area contributed by atoms with E-state index in [0.717, 1.165) is 55.1 Å². The molecule has 1 aliphatic heterocycles. The van der Waals surface area contributed by atoms with Crippen LogP contribution in [0, 0.1) is 5.92 Å². The van der Waals surface area contributed by atoms with Crippen LogP contribution in [0.5, 0.6) is 11.5 Å². The first-order chi connectivity index (χ1) is 13.2. The highest BCUT2D eigenvalue weighted by Crippen LogP contribution is 2.32. The molecule has 0 amide bonds. The van der Waals surface area contributed by atoms with Gasteiger partial charge >= 0.3 is 0 Å². The van der Waals surface area contributed by atoms with Crippen LogP contribution >= 0.6 is 11.8 Å². The summed E-state index contributed by atoms with van der Waals surface area (Å²) in [4.78, 5) is 16.5. The molecule has 1 unspecified atom stereocenters. The second-order valence-electron chi connectivity index (χ2n) is 6.82. The lowest BCUT2D eigenvalue weighted by atomic mass is 9.90. The molecule has 144 valence electrons. The SMILES string of the molecule is COc1cccc(CN2CCCC(C(=O)c3ccc(SC)cc3)C2)c1OC. The standard InChI is InChI=1S/C22H27NO3S/c1-25-20-8-4-6-18(22(20)26-2)15-23-13-5-7-17(14-23)21(24)16-9-11-19(27-3)12-10-16/h4,6,8-12,17H,5,7,13-15H2,1-3H3. The van der Waals surface area contributed by atoms with E-state index in [-0.39, 0.29) is 11.7 Å². The molecule has 0 aliphatic carbocycles. The number of benzene rings is 2. The predicted molar refractivity (Wildman–Crippen MR) is 110 cm³/mol. The van der Waals surface area contributed by atoms with Crippen LogP contribution in [0.3, 0.4) is 0 Å². The Hall–Kier alpha value is -1.98. The van der Waals surface area contributed by atoms with Gasteiger partial charge in [0.25, 0.3) is 0 Å². The Morgan fingerprint density at radius 3 is 2.59 bits per heavy atom. The summed E-state index contributed by atoms with van der Waals surface area (Å²) in [7, 11) is 3.32. The zero-order valence-corrected chi connectivity index (χ0v) is 17.1. The van der Waals surface area contributed by atoms with Crippen LogP contribution in [0.2, 0.25) is 0 Å². The lowest BCUT2D eigenvalue weighted by Crippen LogP contribution is -2.38. The monoisotopic (exact) mass is 385 g/mol. The molecular formula is C22H27NO3S. The van der Waals surface area contributed by atoms with E-state index in [2.05, 4.69) is 11.0 Å². The van der Waals surface area contributed by atoms with Crippen LogP contribution in [-0.2, 0) is 6.54 Å². The number of rotatable bonds is 7. The van der Waals surface area contributed by atoms with Gasteiger partial charge in [0.1, 0.15) is 0 Å². The molecule has 0 aromatic heterocycles. The van der Waals surface area contributed by atoms with Crippen molar-refractivity contribution in [3.8, 4) is 11.5 Å². The molecule has 0 bridgehead atoms. The Morgan fingerprint density at radius 1 is 1.15 bits per heavy atom. The zero-order chi connectivity index (χ0) is 19.2. The van der Waals surface area contributed by atoms with Crippen molar-refractivity contribution in [2.24, 2.45) is 5.92 Å². The first-order valence-electron chi connectivity index (χ1n) is 9.26. The maximum atomic E-state index is 12.9. The van der Waals surface area contributed by atoms with Crippen molar-refractivity contribution in [1.29, 1.82) is 0 Å². The summed E-state index contributed by atoms with van der Waals surface area (Å²) < 4.78 is 11.0. The van der Waals surface area contributed by atoms with E-state index in [4.69, 9.17) is 9.47 Å². The average Bonchev–Trinajstić information content (AvgIpc) is 2.73. The van der Waals surface area contributed by atoms with Crippen molar-refractivity contribution in [2.75, 3.05) is 33.6 Å². The smallest absolute Gasteiger partial charge is 0.167 e. The fourth-order valence-electron chi connectivity index (χ4n) is 3.72. The molecule has 2 aromatic carbocycles. The molecular weight excluding hydrogens is 358 g/mol. The second-order valence-corrected chi connectivity index (χ2v) is 7.70. The number of para-hydroxylation sites is 1. The second kappa shape index (κ2) is 9.29. The van der Waals surface area contributed by atoms with E-state index >= 15 is 0 Å². The van der Waals surface area contributed by atoms with Crippen molar-refractivity contribution >= 4 is 17.5 Å². The van der Waals surface area contributed by atoms with E-state index in [0.29, 0.717) is 0 Å². The number of carbonyl (C=O) groups excluding carboxylic acids is 1. The summed E-state index contributed by atoms with van der Waals surface area (Å²) in [5.74, 6) is 1.83. The number of methoxy groups -OCH3 is 2. The minimum absolute atomic E-state index is 0.0514. The molecule has 2 aromatic rings. The quantitative estimate of drug-likeness (QED) is 0.517. The highest BCUT2D eigenvalue weighted by molar-refractivity contribution is 7.98. The highest BCUT2D eigenvalue weighted by atomic mass is 32.2. The third-order valence-corrected chi connectivity index (χ3v) is 5.87. The maximum absolute atomic E-state index is 12.9. The van der Waals surface area contributed by atoms with Crippen LogP contribution in [0.25, 0.3) is 0 Å². The average molecular weight is 386 g/mol. The molecule has 1 atom stereocenters. The molecule has 4 nitrogen and oxygen atoms in total. The van der Waals surface area contributed by atoms with Crippen LogP contribution in [-0.4, -0.2) is 44.2 Å². The number of ether oxygens (including phenoxy) is 2. The summed E-state index contributed by atoms with van der Waals surface area (Å²) in [5.41, 5.74) is 1.91. The third kappa shape index (κ3) is 4.66. The summed E-state index contributed by atoms with van der Waals surface area (Å²) in [6.45, 7) is 2.54. The summed E-state index contributed by atoms with van der Waals surface area (Å²) in [6.07, 6.45) is 4.03. The van der Waals surface area contributed by atoms with E-state index in [1.807, 2.05) is 42.7 Å². The van der Waals surface area contributed by atoms with Crippen LogP contribution in [0.15, 0.2) is 47.4 Å². The molecule has 5 heteroatoms. The van der Waals surface area contributed by atoms with Crippen molar-refractivity contribution < 1.29 is 14.3 Å². The highest BCUT2D eigenvalue weighted by Gasteiger charge is 2.27. The van der Waals surface area contributed by atoms with Gasteiger partial charge < -0.3 is 9.47 Å².